The van der Waals surface area contributed by atoms with Gasteiger partial charge in [-0.3, -0.25) is 14.9 Å². The third-order valence-corrected chi connectivity index (χ3v) is 12.4. The molecule has 2 N–H and O–H groups in total. The number of imide groups is 1. The maximum Gasteiger partial charge on any atom is 0.232 e. The lowest BCUT2D eigenvalue weighted by atomic mass is 9.49. The van der Waals surface area contributed by atoms with Crippen LogP contribution in [0.15, 0.2) is 36.4 Å². The second-order valence-electron chi connectivity index (χ2n) is 14.9. The first kappa shape index (κ1) is 29.3. The van der Waals surface area contributed by atoms with Crippen LogP contribution in [0, 0.1) is 22.7 Å². The number of carbonyl (C=O) groups is 2. The van der Waals surface area contributed by atoms with Crippen LogP contribution in [0.1, 0.15) is 115 Å². The van der Waals surface area contributed by atoms with Gasteiger partial charge >= 0.3 is 0 Å². The Hall–Kier alpha value is -2.82. The lowest BCUT2D eigenvalue weighted by Crippen LogP contribution is -2.60. The van der Waals surface area contributed by atoms with E-state index >= 15 is 0 Å². The third-order valence-electron chi connectivity index (χ3n) is 12.4. The summed E-state index contributed by atoms with van der Waals surface area (Å²) in [4.78, 5) is 28.6. The molecule has 2 fully saturated rings. The Balaban J connectivity index is 1.26. The van der Waals surface area contributed by atoms with Crippen LogP contribution in [-0.2, 0) is 33.3 Å². The van der Waals surface area contributed by atoms with Crippen molar-refractivity contribution in [3.8, 4) is 11.5 Å². The van der Waals surface area contributed by atoms with E-state index in [0.717, 1.165) is 76.4 Å². The SMILES string of the molecule is CCCOc1ccc2c(c1)[C@@]1(C)CCC[C@](C)(C(=O)NC(=O)[C@@]3(C)CCC[C@]4(C)c5cc(O)ccc5CC[C@@H]34)[C@@H]1CC2. The van der Waals surface area contributed by atoms with Crippen molar-refractivity contribution < 1.29 is 19.4 Å². The van der Waals surface area contributed by atoms with Gasteiger partial charge in [-0.05, 0) is 127 Å². The number of hydrogen-bond acceptors (Lipinski definition) is 4. The van der Waals surface area contributed by atoms with E-state index in [9.17, 15) is 14.7 Å². The molecule has 6 atom stereocenters. The van der Waals surface area contributed by atoms with Crippen molar-refractivity contribution in [2.75, 3.05) is 6.61 Å². The molecule has 42 heavy (non-hydrogen) atoms. The number of phenols is 1. The van der Waals surface area contributed by atoms with Gasteiger partial charge in [0.15, 0.2) is 0 Å². The van der Waals surface area contributed by atoms with Crippen LogP contribution >= 0.6 is 0 Å². The summed E-state index contributed by atoms with van der Waals surface area (Å²) in [5, 5.41) is 13.4. The standard InChI is InChI=1S/C37H49NO4/c1-6-21-42-27-14-10-25-12-16-31-35(3,29(25)23-27)18-8-20-37(31,5)33(41)38-32(40)36(4)19-7-17-34(2)28-22-26(39)13-9-24(28)11-15-30(34)36/h9-10,13-14,22-23,30-31,39H,6-8,11-12,15-21H2,1-5H3,(H,38,40,41)/t30-,31-,34-,35-,36+,37+/m1/s1. The minimum atomic E-state index is -0.634. The summed E-state index contributed by atoms with van der Waals surface area (Å²) in [5.74, 6) is 1.29. The fourth-order valence-corrected chi connectivity index (χ4v) is 10.1. The first-order valence-corrected chi connectivity index (χ1v) is 16.4. The van der Waals surface area contributed by atoms with Gasteiger partial charge in [-0.15, -0.1) is 0 Å². The van der Waals surface area contributed by atoms with Crippen molar-refractivity contribution in [3.63, 3.8) is 0 Å². The molecule has 0 aromatic heterocycles. The van der Waals surface area contributed by atoms with E-state index in [1.165, 1.54) is 22.3 Å². The van der Waals surface area contributed by atoms with Crippen molar-refractivity contribution in [2.24, 2.45) is 22.7 Å². The molecule has 2 aromatic carbocycles. The molecular formula is C37H49NO4. The number of fused-ring (bicyclic) bond motifs is 6. The van der Waals surface area contributed by atoms with E-state index in [1.807, 2.05) is 12.1 Å². The molecule has 0 bridgehead atoms. The molecule has 0 heterocycles. The molecule has 0 unspecified atom stereocenters. The van der Waals surface area contributed by atoms with Crippen LogP contribution < -0.4 is 10.1 Å². The minimum absolute atomic E-state index is 0.0902. The van der Waals surface area contributed by atoms with Gasteiger partial charge in [0.1, 0.15) is 11.5 Å². The number of benzene rings is 2. The van der Waals surface area contributed by atoms with Crippen LogP contribution in [0.4, 0.5) is 0 Å². The molecule has 4 aliphatic carbocycles. The molecule has 4 aliphatic rings. The summed E-state index contributed by atoms with van der Waals surface area (Å²) in [6, 6.07) is 12.3. The number of ether oxygens (including phenoxy) is 1. The van der Waals surface area contributed by atoms with Gasteiger partial charge < -0.3 is 9.84 Å². The van der Waals surface area contributed by atoms with Crippen molar-refractivity contribution in [3.05, 3.63) is 58.7 Å². The highest BCUT2D eigenvalue weighted by Crippen LogP contribution is 2.59. The molecule has 2 saturated carbocycles. The molecule has 0 saturated heterocycles. The first-order chi connectivity index (χ1) is 20.0. The predicted molar refractivity (Wildman–Crippen MR) is 166 cm³/mol. The van der Waals surface area contributed by atoms with Crippen LogP contribution in [-0.4, -0.2) is 23.5 Å². The quantitative estimate of drug-likeness (QED) is 0.364. The van der Waals surface area contributed by atoms with Gasteiger partial charge in [0, 0.05) is 0 Å². The fraction of sp³-hybridized carbons (Fsp3) is 0.622. The Kier molecular flexibility index (Phi) is 7.26. The number of aryl methyl sites for hydroxylation is 2. The smallest absolute Gasteiger partial charge is 0.232 e. The van der Waals surface area contributed by atoms with Gasteiger partial charge in [0.05, 0.1) is 17.4 Å². The zero-order chi connectivity index (χ0) is 29.9. The van der Waals surface area contributed by atoms with Crippen LogP contribution in [0.3, 0.4) is 0 Å². The number of carbonyl (C=O) groups excluding carboxylic acids is 2. The fourth-order valence-electron chi connectivity index (χ4n) is 10.1. The van der Waals surface area contributed by atoms with Crippen LogP contribution in [0.2, 0.25) is 0 Å². The molecule has 0 aliphatic heterocycles. The Bertz CT molecular complexity index is 1400. The zero-order valence-corrected chi connectivity index (χ0v) is 26.3. The van der Waals surface area contributed by atoms with Gasteiger partial charge in [0.25, 0.3) is 0 Å². The average molecular weight is 572 g/mol. The second-order valence-corrected chi connectivity index (χ2v) is 14.9. The maximum absolute atomic E-state index is 14.3. The zero-order valence-electron chi connectivity index (χ0n) is 26.3. The van der Waals surface area contributed by atoms with Crippen molar-refractivity contribution in [1.29, 1.82) is 0 Å². The summed E-state index contributed by atoms with van der Waals surface area (Å²) in [7, 11) is 0. The topological polar surface area (TPSA) is 75.6 Å². The van der Waals surface area contributed by atoms with Gasteiger partial charge in [-0.25, -0.2) is 0 Å². The molecule has 5 heteroatoms. The normalized spacial score (nSPS) is 35.2. The largest absolute Gasteiger partial charge is 0.508 e. The number of nitrogens with one attached hydrogen (secondary N) is 1. The van der Waals surface area contributed by atoms with Gasteiger partial charge in [-0.1, -0.05) is 59.6 Å². The Morgan fingerprint density at radius 3 is 1.88 bits per heavy atom. The van der Waals surface area contributed by atoms with Gasteiger partial charge in [-0.2, -0.15) is 0 Å². The molecule has 5 nitrogen and oxygen atoms in total. The summed E-state index contributed by atoms with van der Waals surface area (Å²) in [5.41, 5.74) is 3.59. The van der Waals surface area contributed by atoms with E-state index in [2.05, 4.69) is 58.1 Å². The van der Waals surface area contributed by atoms with Crippen molar-refractivity contribution in [1.82, 2.24) is 5.32 Å². The Morgan fingerprint density at radius 2 is 1.33 bits per heavy atom. The highest BCUT2D eigenvalue weighted by Gasteiger charge is 2.58. The average Bonchev–Trinajstić information content (AvgIpc) is 2.96. The lowest BCUT2D eigenvalue weighted by molar-refractivity contribution is -0.150. The second kappa shape index (κ2) is 10.4. The van der Waals surface area contributed by atoms with E-state index < -0.39 is 10.8 Å². The number of amides is 2. The van der Waals surface area contributed by atoms with Crippen LogP contribution in [0.5, 0.6) is 11.5 Å². The van der Waals surface area contributed by atoms with E-state index in [0.29, 0.717) is 6.61 Å². The van der Waals surface area contributed by atoms with E-state index in [4.69, 9.17) is 4.74 Å². The molecule has 2 amide bonds. The molecule has 6 rings (SSSR count). The van der Waals surface area contributed by atoms with E-state index in [-0.39, 0.29) is 40.2 Å². The predicted octanol–water partition coefficient (Wildman–Crippen LogP) is 7.54. The number of phenolic OH excluding ortho intramolecular Hbond substituents is 1. The van der Waals surface area contributed by atoms with Crippen LogP contribution in [0.25, 0.3) is 0 Å². The molecular weight excluding hydrogens is 522 g/mol. The lowest BCUT2D eigenvalue weighted by Gasteiger charge is -2.56. The molecule has 226 valence electrons. The highest BCUT2D eigenvalue weighted by molar-refractivity contribution is 6.00. The molecule has 0 radical (unpaired) electrons. The summed E-state index contributed by atoms with van der Waals surface area (Å²) < 4.78 is 6.02. The monoisotopic (exact) mass is 571 g/mol. The number of aromatic hydroxyl groups is 1. The maximum atomic E-state index is 14.3. The van der Waals surface area contributed by atoms with Crippen molar-refractivity contribution >= 4 is 11.8 Å². The molecule has 2 aromatic rings. The molecule has 0 spiro atoms. The third kappa shape index (κ3) is 4.40. The van der Waals surface area contributed by atoms with E-state index in [1.54, 1.807) is 6.07 Å². The summed E-state index contributed by atoms with van der Waals surface area (Å²) in [6.45, 7) is 11.6. The van der Waals surface area contributed by atoms with Gasteiger partial charge in [0.2, 0.25) is 11.8 Å². The first-order valence-electron chi connectivity index (χ1n) is 16.4. The number of rotatable bonds is 5. The number of hydrogen-bond donors (Lipinski definition) is 2. The minimum Gasteiger partial charge on any atom is -0.508 e. The highest BCUT2D eigenvalue weighted by atomic mass is 16.5. The summed E-state index contributed by atoms with van der Waals surface area (Å²) in [6.07, 6.45) is 10.2. The Labute approximate surface area is 251 Å². The van der Waals surface area contributed by atoms with Crippen molar-refractivity contribution in [2.45, 2.75) is 116 Å². The Morgan fingerprint density at radius 1 is 0.810 bits per heavy atom. The summed E-state index contributed by atoms with van der Waals surface area (Å²) >= 11 is 0.